The summed E-state index contributed by atoms with van der Waals surface area (Å²) in [4.78, 5) is 39.7. The Bertz CT molecular complexity index is 681. The van der Waals surface area contributed by atoms with E-state index in [2.05, 4.69) is 14.3 Å². The molecule has 0 aromatic carbocycles. The molecular weight excluding hydrogens is 361 g/mol. The number of oxime groups is 1. The van der Waals surface area contributed by atoms with Crippen LogP contribution >= 0.6 is 0 Å². The van der Waals surface area contributed by atoms with Gasteiger partial charge in [0.05, 0.1) is 12.3 Å². The molecule has 0 aromatic rings. The summed E-state index contributed by atoms with van der Waals surface area (Å²) >= 11 is 0. The normalized spacial score (nSPS) is 24.7. The van der Waals surface area contributed by atoms with E-state index in [-0.39, 0.29) is 53.3 Å². The zero-order valence-corrected chi connectivity index (χ0v) is 15.3. The van der Waals surface area contributed by atoms with E-state index in [1.54, 1.807) is 0 Å². The summed E-state index contributed by atoms with van der Waals surface area (Å²) in [6.07, 6.45) is -0.177. The van der Waals surface area contributed by atoms with E-state index >= 15 is 0 Å². The SMILES string of the molecule is NC(=O)CO/N=C1/C[C@@H](C(N)=O)N2C[C@@H]1N(OS(=O)(=O)[O-])C2=O.[Na+]. The molecule has 24 heavy (non-hydrogen) atoms. The average Bonchev–Trinajstić information content (AvgIpc) is 2.65. The van der Waals surface area contributed by atoms with E-state index in [1.165, 1.54) is 0 Å². The number of amides is 4. The van der Waals surface area contributed by atoms with E-state index in [4.69, 9.17) is 11.5 Å². The summed E-state index contributed by atoms with van der Waals surface area (Å²) in [6, 6.07) is -3.24. The number of fused-ring (bicyclic) bond motifs is 2. The predicted molar refractivity (Wildman–Crippen MR) is 68.7 cm³/mol. The van der Waals surface area contributed by atoms with Crippen LogP contribution in [0.4, 0.5) is 4.79 Å². The number of carbonyl (C=O) groups excluding carboxylic acids is 3. The van der Waals surface area contributed by atoms with Gasteiger partial charge in [-0.1, -0.05) is 5.16 Å². The van der Waals surface area contributed by atoms with Crippen molar-refractivity contribution in [3.8, 4) is 0 Å². The van der Waals surface area contributed by atoms with Gasteiger partial charge in [0, 0.05) is 6.42 Å². The first-order valence-electron chi connectivity index (χ1n) is 6.11. The van der Waals surface area contributed by atoms with Crippen LogP contribution in [-0.4, -0.2) is 71.7 Å². The summed E-state index contributed by atoms with van der Waals surface area (Å²) < 4.78 is 36.3. The van der Waals surface area contributed by atoms with Crippen LogP contribution in [0.15, 0.2) is 5.16 Å². The molecule has 2 aliphatic rings. The Morgan fingerprint density at radius 1 is 1.38 bits per heavy atom. The van der Waals surface area contributed by atoms with Crippen LogP contribution in [0.5, 0.6) is 0 Å². The van der Waals surface area contributed by atoms with Crippen LogP contribution < -0.4 is 41.0 Å². The van der Waals surface area contributed by atoms with Crippen LogP contribution in [0.1, 0.15) is 6.42 Å². The molecule has 2 bridgehead atoms. The molecular formula is C9H12N5NaO8S. The molecule has 2 rings (SSSR count). The van der Waals surface area contributed by atoms with Gasteiger partial charge in [-0.25, -0.2) is 13.2 Å². The van der Waals surface area contributed by atoms with Gasteiger partial charge in [0.15, 0.2) is 6.61 Å². The minimum absolute atomic E-state index is 0. The fourth-order valence-electron chi connectivity index (χ4n) is 2.26. The zero-order chi connectivity index (χ0) is 17.4. The molecule has 0 radical (unpaired) electrons. The minimum Gasteiger partial charge on any atom is -0.724 e. The second-order valence-corrected chi connectivity index (χ2v) is 5.67. The fraction of sp³-hybridized carbons (Fsp3) is 0.556. The van der Waals surface area contributed by atoms with Gasteiger partial charge < -0.3 is 25.8 Å². The number of nitrogens with two attached hydrogens (primary N) is 2. The first-order chi connectivity index (χ1) is 10.6. The third kappa shape index (κ3) is 4.55. The van der Waals surface area contributed by atoms with E-state index < -0.39 is 46.9 Å². The molecule has 0 unspecified atom stereocenters. The maximum absolute atomic E-state index is 12.1. The number of urea groups is 1. The molecule has 0 aromatic heterocycles. The summed E-state index contributed by atoms with van der Waals surface area (Å²) in [5.74, 6) is -1.69. The second-order valence-electron chi connectivity index (χ2n) is 4.70. The van der Waals surface area contributed by atoms with Crippen molar-refractivity contribution in [2.75, 3.05) is 13.2 Å². The van der Waals surface area contributed by atoms with Crippen LogP contribution in [0, 0.1) is 0 Å². The van der Waals surface area contributed by atoms with E-state index in [9.17, 15) is 27.4 Å². The molecule has 2 aliphatic heterocycles. The average molecular weight is 373 g/mol. The molecule has 128 valence electrons. The van der Waals surface area contributed by atoms with E-state index in [0.29, 0.717) is 0 Å². The number of hydrogen-bond donors (Lipinski definition) is 2. The summed E-state index contributed by atoms with van der Waals surface area (Å²) in [5.41, 5.74) is 10.1. The summed E-state index contributed by atoms with van der Waals surface area (Å²) in [5, 5.41) is 3.84. The third-order valence-corrected chi connectivity index (χ3v) is 3.48. The largest absolute Gasteiger partial charge is 1.00 e. The smallest absolute Gasteiger partial charge is 0.724 e. The van der Waals surface area contributed by atoms with Gasteiger partial charge in [-0.05, 0) is 0 Å². The van der Waals surface area contributed by atoms with E-state index in [1.807, 2.05) is 0 Å². The molecule has 2 saturated heterocycles. The zero-order valence-electron chi connectivity index (χ0n) is 12.4. The molecule has 0 spiro atoms. The van der Waals surface area contributed by atoms with Crippen molar-refractivity contribution in [1.82, 2.24) is 9.96 Å². The van der Waals surface area contributed by atoms with Gasteiger partial charge in [0.2, 0.25) is 16.3 Å². The minimum atomic E-state index is -5.23. The molecule has 0 aliphatic carbocycles. The Balaban J connectivity index is 0.00000288. The number of nitrogens with zero attached hydrogens (tertiary/aromatic N) is 3. The maximum Gasteiger partial charge on any atom is 1.00 e. The predicted octanol–water partition coefficient (Wildman–Crippen LogP) is -6.40. The van der Waals surface area contributed by atoms with Gasteiger partial charge >= 0.3 is 35.6 Å². The summed E-state index contributed by atoms with van der Waals surface area (Å²) in [6.45, 7) is -0.767. The Labute approximate surface area is 158 Å². The monoisotopic (exact) mass is 373 g/mol. The maximum atomic E-state index is 12.1. The molecule has 4 N–H and O–H groups in total. The molecule has 2 heterocycles. The number of primary amides is 2. The first-order valence-corrected chi connectivity index (χ1v) is 7.45. The van der Waals surface area contributed by atoms with Crippen molar-refractivity contribution >= 4 is 34.0 Å². The Kier molecular flexibility index (Phi) is 6.54. The molecule has 0 saturated carbocycles. The molecule has 4 amide bonds. The Hall–Kier alpha value is -1.45. The van der Waals surface area contributed by atoms with Crippen molar-refractivity contribution in [2.24, 2.45) is 16.6 Å². The van der Waals surface area contributed by atoms with Crippen molar-refractivity contribution in [3.63, 3.8) is 0 Å². The Morgan fingerprint density at radius 2 is 2.00 bits per heavy atom. The van der Waals surface area contributed by atoms with Crippen LogP contribution in [0.2, 0.25) is 0 Å². The fourth-order valence-corrected chi connectivity index (χ4v) is 2.62. The number of rotatable bonds is 6. The van der Waals surface area contributed by atoms with Crippen LogP contribution in [0.3, 0.4) is 0 Å². The number of carbonyl (C=O) groups is 3. The molecule has 2 atom stereocenters. The Morgan fingerprint density at radius 3 is 2.50 bits per heavy atom. The van der Waals surface area contributed by atoms with Gasteiger partial charge in [0.25, 0.3) is 5.91 Å². The molecule has 13 nitrogen and oxygen atoms in total. The number of hydrogen-bond acceptors (Lipinski definition) is 9. The van der Waals surface area contributed by atoms with Crippen molar-refractivity contribution in [2.45, 2.75) is 18.5 Å². The number of piperidine rings is 1. The molecule has 15 heteroatoms. The van der Waals surface area contributed by atoms with Gasteiger partial charge in [-0.3, -0.25) is 9.59 Å². The van der Waals surface area contributed by atoms with Gasteiger partial charge in [-0.2, -0.15) is 9.35 Å². The summed E-state index contributed by atoms with van der Waals surface area (Å²) in [7, 11) is -5.23. The first kappa shape index (κ1) is 20.6. The van der Waals surface area contributed by atoms with Crippen LogP contribution in [-0.2, 0) is 29.1 Å². The quantitative estimate of drug-likeness (QED) is 0.198. The third-order valence-electron chi connectivity index (χ3n) is 3.14. The van der Waals surface area contributed by atoms with Gasteiger partial charge in [-0.15, -0.1) is 0 Å². The topological polar surface area (TPSA) is 198 Å². The van der Waals surface area contributed by atoms with Crippen molar-refractivity contribution < 1.29 is 66.0 Å². The van der Waals surface area contributed by atoms with Crippen molar-refractivity contribution in [1.29, 1.82) is 0 Å². The van der Waals surface area contributed by atoms with Crippen molar-refractivity contribution in [3.05, 3.63) is 0 Å². The second kappa shape index (κ2) is 7.62. The van der Waals surface area contributed by atoms with Crippen LogP contribution in [0.25, 0.3) is 0 Å². The van der Waals surface area contributed by atoms with Gasteiger partial charge in [0.1, 0.15) is 12.1 Å². The standard InChI is InChI=1S/C9H13N5O8S.Na/c10-7(15)3-21-12-4-1-5(8(11)16)13-2-6(4)14(9(13)17)22-23(18,19)20;/h5-6H,1-3H2,(H2,10,15)(H2,11,16)(H,18,19,20);/q;+1/p-1/b12-4-;/t5-,6-;/m0./s1. The number of hydroxylamine groups is 2. The molecule has 2 fully saturated rings. The van der Waals surface area contributed by atoms with E-state index in [0.717, 1.165) is 4.90 Å².